The van der Waals surface area contributed by atoms with E-state index in [9.17, 15) is 5.11 Å². The first-order valence-corrected chi connectivity index (χ1v) is 29.7. The van der Waals surface area contributed by atoms with Crippen molar-refractivity contribution in [2.45, 2.75) is 0 Å². The zero-order valence-corrected chi connectivity index (χ0v) is 49.5. The number of rotatable bonds is 9. The van der Waals surface area contributed by atoms with E-state index in [2.05, 4.69) is 199 Å². The van der Waals surface area contributed by atoms with E-state index < -0.39 is 6.04 Å². The van der Waals surface area contributed by atoms with Crippen molar-refractivity contribution in [1.82, 2.24) is 15.0 Å². The van der Waals surface area contributed by atoms with Crippen LogP contribution in [0.5, 0.6) is 5.75 Å². The van der Waals surface area contributed by atoms with Gasteiger partial charge in [-0.2, -0.15) is 0 Å². The van der Waals surface area contributed by atoms with Crippen molar-refractivity contribution < 1.29 is 35.8 Å². The molecule has 1 aliphatic rings. The van der Waals surface area contributed by atoms with Gasteiger partial charge in [0.15, 0.2) is 12.0 Å². The van der Waals surface area contributed by atoms with Crippen LogP contribution >= 0.6 is 0 Å². The number of benzene rings is 12. The van der Waals surface area contributed by atoms with Gasteiger partial charge in [-0.05, 0) is 146 Å². The standard InChI is InChI=1S/C41H27N3.C34H26.C9H7NO.Li/c1-2-9-28(10-3-1)29-16-20-31(21-17-29)39-26-40(34-12-8-24-42-27-34)44-41(43-39)32-22-18-30(19-23-32)38-25-33-11-4-5-13-35(33)36-14-6-7-15-37(36)38;1-3-25-26(4-2)34(31-21-13-12-20-30(31)33(25)23-14-6-5-7-15-23)32-22-24-16-8-9-17-27(24)28-18-10-11-19-29(28)32;11-8-5-1-3-7-4-2-6-10-9(7)8;/h1-27H;3-22,25-26H,1-2H2;1-6,11H;/q;;;+1/i;5D,6D,7D,14D,15D;;. The molecule has 90 heavy (non-hydrogen) atoms. The number of hydrogen-bond acceptors (Lipinski definition) is 4. The van der Waals surface area contributed by atoms with E-state index >= 15 is 0 Å². The summed E-state index contributed by atoms with van der Waals surface area (Å²) < 4.78 is 42.3. The summed E-state index contributed by atoms with van der Waals surface area (Å²) in [7, 11) is 0. The fourth-order valence-corrected chi connectivity index (χ4v) is 12.6. The van der Waals surface area contributed by atoms with Crippen LogP contribution in [0.15, 0.2) is 335 Å². The number of aromatic amines is 1. The molecule has 0 spiro atoms. The Morgan fingerprint density at radius 1 is 0.400 bits per heavy atom. The molecule has 0 bridgehead atoms. The number of nitrogens with one attached hydrogen (secondary N) is 1. The van der Waals surface area contributed by atoms with Crippen LogP contribution in [0.2, 0.25) is 0 Å². The molecule has 0 saturated carbocycles. The maximum Gasteiger partial charge on any atom is 1.00 e. The van der Waals surface area contributed by atoms with E-state index in [1.807, 2.05) is 91.1 Å². The summed E-state index contributed by atoms with van der Waals surface area (Å²) in [4.78, 5) is 17.3. The largest absolute Gasteiger partial charge is 1.00 e. The minimum absolute atomic E-state index is 0. The number of H-pyrrole nitrogens is 1. The predicted molar refractivity (Wildman–Crippen MR) is 368 cm³/mol. The first-order chi connectivity index (χ1) is 46.1. The minimum Gasteiger partial charge on any atom is -0.868 e. The number of hydrogen-bond donors (Lipinski definition) is 0. The van der Waals surface area contributed by atoms with Gasteiger partial charge in [-0.1, -0.05) is 255 Å². The van der Waals surface area contributed by atoms with Gasteiger partial charge in [-0.25, -0.2) is 15.0 Å². The average molecular weight is 1150 g/mol. The molecular formula is C84H60LiN4O+. The fourth-order valence-electron chi connectivity index (χ4n) is 12.6. The number of nitrogens with zero attached hydrogens (tertiary/aromatic N) is 3. The van der Waals surface area contributed by atoms with Crippen molar-refractivity contribution in [3.8, 4) is 61.9 Å². The molecule has 12 aromatic carbocycles. The van der Waals surface area contributed by atoms with Gasteiger partial charge >= 0.3 is 18.9 Å². The van der Waals surface area contributed by atoms with Gasteiger partial charge in [-0.3, -0.25) is 4.98 Å². The van der Waals surface area contributed by atoms with E-state index in [1.54, 1.807) is 24.5 Å². The first-order valence-electron chi connectivity index (χ1n) is 32.2. The molecule has 0 aliphatic heterocycles. The summed E-state index contributed by atoms with van der Waals surface area (Å²) in [5.74, 6) is 0.127. The topological polar surface area (TPSA) is 75.9 Å². The molecule has 16 rings (SSSR count). The molecule has 2 unspecified atom stereocenters. The first kappa shape index (κ1) is 52.1. The SMILES string of the molecule is [2H]c1c([2H])c([2H])c(C2=c3ccccc3=C(c3cc4ccccc4c4ccccc34)C(C=C)C2C=C)c([2H])c1[2H].[Li+].[O-]c1cccc2ccc[nH+]c12.c1ccc(-c2ccc(-c3cc(-c4cccnc4)nc(-c4ccc(-c5cc6ccccc6c6ccccc56)cc4)n3)cc2)cc1. The molecule has 0 saturated heterocycles. The summed E-state index contributed by atoms with van der Waals surface area (Å²) in [6.07, 6.45) is 9.11. The van der Waals surface area contributed by atoms with Crippen LogP contribution in [0.3, 0.4) is 0 Å². The number of fused-ring (bicyclic) bond motifs is 8. The summed E-state index contributed by atoms with van der Waals surface area (Å²) in [6.45, 7) is 8.37. The normalized spacial score (nSPS) is 14.1. The Bertz CT molecular complexity index is 5540. The van der Waals surface area contributed by atoms with Crippen molar-refractivity contribution >= 4 is 65.1 Å². The average Bonchev–Trinajstić information content (AvgIpc) is 0.734. The Morgan fingerprint density at radius 3 is 1.52 bits per heavy atom. The zero-order valence-electron chi connectivity index (χ0n) is 54.5. The summed E-state index contributed by atoms with van der Waals surface area (Å²) in [5.41, 5.74) is 13.2. The monoisotopic (exact) mass is 1150 g/mol. The third-order valence-electron chi connectivity index (χ3n) is 16.7. The fraction of sp³-hybridized carbons (Fsp3) is 0.0238. The Hall–Kier alpha value is -11.1. The number of pyridine rings is 2. The van der Waals surface area contributed by atoms with E-state index in [0.717, 1.165) is 76.8 Å². The molecular weight excluding hydrogens is 1090 g/mol. The summed E-state index contributed by atoms with van der Waals surface area (Å²) >= 11 is 0. The summed E-state index contributed by atoms with van der Waals surface area (Å²) in [5, 5.41) is 23.5. The quantitative estimate of drug-likeness (QED) is 0.0820. The smallest absolute Gasteiger partial charge is 0.868 e. The Kier molecular flexibility index (Phi) is 15.1. The second-order valence-electron chi connectivity index (χ2n) is 21.9. The van der Waals surface area contributed by atoms with E-state index in [-0.39, 0.29) is 66.2 Å². The molecule has 6 heteroatoms. The van der Waals surface area contributed by atoms with Gasteiger partial charge in [0, 0.05) is 52.4 Å². The molecule has 422 valence electrons. The maximum absolute atomic E-state index is 11.1. The van der Waals surface area contributed by atoms with Gasteiger partial charge in [0.25, 0.3) is 0 Å². The Balaban J connectivity index is 0.000000147. The summed E-state index contributed by atoms with van der Waals surface area (Å²) in [6, 6.07) is 87.6. The van der Waals surface area contributed by atoms with Crippen molar-refractivity contribution in [1.29, 1.82) is 0 Å². The van der Waals surface area contributed by atoms with Crippen LogP contribution in [0, 0.1) is 11.8 Å². The Labute approximate surface area is 543 Å². The number of aromatic nitrogens is 4. The van der Waals surface area contributed by atoms with Crippen LogP contribution in [0.4, 0.5) is 0 Å². The number of allylic oxidation sites excluding steroid dienone is 2. The van der Waals surface area contributed by atoms with Gasteiger partial charge < -0.3 is 5.11 Å². The minimum atomic E-state index is -0.399. The predicted octanol–water partition coefficient (Wildman–Crippen LogP) is 15.3. The van der Waals surface area contributed by atoms with Gasteiger partial charge in [0.2, 0.25) is 5.52 Å². The van der Waals surface area contributed by atoms with Crippen molar-refractivity contribution in [2.24, 2.45) is 11.8 Å². The van der Waals surface area contributed by atoms with Gasteiger partial charge in [0.1, 0.15) is 0 Å². The van der Waals surface area contributed by atoms with E-state index in [4.69, 9.17) is 16.8 Å². The maximum atomic E-state index is 11.1. The zero-order chi connectivity index (χ0) is 64.4. The van der Waals surface area contributed by atoms with Crippen LogP contribution in [0.25, 0.3) is 121 Å². The molecule has 5 nitrogen and oxygen atoms in total. The van der Waals surface area contributed by atoms with Crippen LogP contribution in [-0.2, 0) is 0 Å². The molecule has 0 radical (unpaired) electrons. The molecule has 1 N–H and O–H groups in total. The second-order valence-corrected chi connectivity index (χ2v) is 21.9. The third kappa shape index (κ3) is 11.4. The van der Waals surface area contributed by atoms with Crippen molar-refractivity contribution in [3.63, 3.8) is 0 Å². The van der Waals surface area contributed by atoms with E-state index in [1.165, 1.54) is 43.6 Å². The van der Waals surface area contributed by atoms with Crippen LogP contribution in [-0.4, -0.2) is 15.0 Å². The van der Waals surface area contributed by atoms with Crippen LogP contribution < -0.4 is 39.4 Å². The third-order valence-corrected chi connectivity index (χ3v) is 16.7. The molecule has 2 atom stereocenters. The molecule has 3 heterocycles. The molecule has 0 amide bonds. The van der Waals surface area contributed by atoms with Crippen molar-refractivity contribution in [3.05, 3.63) is 357 Å². The van der Waals surface area contributed by atoms with Gasteiger partial charge in [-0.15, -0.1) is 13.2 Å². The Morgan fingerprint density at radius 2 is 0.889 bits per heavy atom. The molecule has 0 fully saturated rings. The number of para-hydroxylation sites is 1. The molecule has 1 aliphatic carbocycles. The molecule has 3 aromatic heterocycles. The van der Waals surface area contributed by atoms with E-state index in [0.29, 0.717) is 16.9 Å². The van der Waals surface area contributed by atoms with Gasteiger partial charge in [0.05, 0.1) is 18.2 Å². The molecule has 15 aromatic rings. The second kappa shape index (κ2) is 26.1. The van der Waals surface area contributed by atoms with Crippen molar-refractivity contribution in [2.75, 3.05) is 0 Å². The van der Waals surface area contributed by atoms with Crippen LogP contribution in [0.1, 0.15) is 18.0 Å².